The normalized spacial score (nSPS) is 16.0. The van der Waals surface area contributed by atoms with Gasteiger partial charge in [0.05, 0.1) is 31.9 Å². The minimum absolute atomic E-state index is 0.120. The Labute approximate surface area is 242 Å². The average Bonchev–Trinajstić information content (AvgIpc) is 3.40. The summed E-state index contributed by atoms with van der Waals surface area (Å²) in [5, 5.41) is 4.44. The first kappa shape index (κ1) is 30.4. The first-order valence-electron chi connectivity index (χ1n) is 14.2. The number of hydrogen-bond donors (Lipinski definition) is 1. The lowest BCUT2D eigenvalue weighted by atomic mass is 9.92. The molecule has 0 aliphatic carbocycles. The lowest BCUT2D eigenvalue weighted by molar-refractivity contribution is 0.0542. The van der Waals surface area contributed by atoms with Gasteiger partial charge in [-0.3, -0.25) is 9.47 Å². The van der Waals surface area contributed by atoms with Crippen LogP contribution in [0.4, 0.5) is 10.5 Å². The second-order valence-electron chi connectivity index (χ2n) is 11.5. The van der Waals surface area contributed by atoms with E-state index in [1.165, 1.54) is 7.11 Å². The zero-order valence-electron chi connectivity index (χ0n) is 25.3. The number of carbonyl (C=O) groups excluding carboxylic acids is 2. The van der Waals surface area contributed by atoms with E-state index in [1.54, 1.807) is 25.0 Å². The van der Waals surface area contributed by atoms with Crippen LogP contribution in [0.1, 0.15) is 73.1 Å². The van der Waals surface area contributed by atoms with Gasteiger partial charge in [-0.2, -0.15) is 0 Å². The predicted octanol–water partition coefficient (Wildman–Crippen LogP) is 6.31. The molecule has 222 valence electrons. The molecule has 1 atom stereocenters. The van der Waals surface area contributed by atoms with E-state index in [2.05, 4.69) is 10.2 Å². The van der Waals surface area contributed by atoms with Gasteiger partial charge in [-0.05, 0) is 82.5 Å². The molecule has 4 rings (SSSR count). The zero-order chi connectivity index (χ0) is 29.7. The number of fused-ring (bicyclic) bond motifs is 1. The van der Waals surface area contributed by atoms with Gasteiger partial charge < -0.3 is 24.3 Å². The maximum atomic E-state index is 13.1. The smallest absolute Gasteiger partial charge is 0.419 e. The number of methoxy groups -OCH3 is 3. The van der Waals surface area contributed by atoms with E-state index in [1.807, 2.05) is 58.0 Å². The predicted molar refractivity (Wildman–Crippen MR) is 160 cm³/mol. The number of carbonyl (C=O) groups is 2. The molecule has 2 heterocycles. The van der Waals surface area contributed by atoms with Gasteiger partial charge in [0.1, 0.15) is 11.4 Å². The minimum atomic E-state index is -0.601. The van der Waals surface area contributed by atoms with E-state index in [9.17, 15) is 9.59 Å². The summed E-state index contributed by atoms with van der Waals surface area (Å²) in [5.41, 5.74) is 4.73. The van der Waals surface area contributed by atoms with Crippen molar-refractivity contribution >= 4 is 28.7 Å². The summed E-state index contributed by atoms with van der Waals surface area (Å²) >= 11 is 0. The molecule has 0 amide bonds. The third-order valence-electron chi connectivity index (χ3n) is 7.47. The number of hydrogen-bond acceptors (Lipinski definition) is 8. The van der Waals surface area contributed by atoms with Gasteiger partial charge in [0.15, 0.2) is 0 Å². The molecule has 1 saturated heterocycles. The molecular weight excluding hydrogens is 522 g/mol. The van der Waals surface area contributed by atoms with Crippen LogP contribution in [0.2, 0.25) is 0 Å². The van der Waals surface area contributed by atoms with Gasteiger partial charge in [-0.1, -0.05) is 12.5 Å². The van der Waals surface area contributed by atoms with Crippen molar-refractivity contribution in [3.05, 3.63) is 58.8 Å². The number of nitrogens with zero attached hydrogens (tertiary/aromatic N) is 2. The van der Waals surface area contributed by atoms with Crippen molar-refractivity contribution in [2.75, 3.05) is 46.3 Å². The molecule has 3 aromatic rings. The van der Waals surface area contributed by atoms with Crippen molar-refractivity contribution in [1.82, 2.24) is 9.47 Å². The summed E-state index contributed by atoms with van der Waals surface area (Å²) in [6.45, 7) is 10.3. The first-order valence-corrected chi connectivity index (χ1v) is 14.2. The lowest BCUT2D eigenvalue weighted by Gasteiger charge is -2.37. The molecule has 9 heteroatoms. The minimum Gasteiger partial charge on any atom is -0.496 e. The number of aromatic nitrogens is 1. The van der Waals surface area contributed by atoms with Gasteiger partial charge in [-0.25, -0.2) is 9.59 Å². The molecule has 0 bridgehead atoms. The van der Waals surface area contributed by atoms with Crippen LogP contribution in [0.15, 0.2) is 36.5 Å². The quantitative estimate of drug-likeness (QED) is 0.238. The van der Waals surface area contributed by atoms with Gasteiger partial charge in [0.2, 0.25) is 0 Å². The van der Waals surface area contributed by atoms with Crippen molar-refractivity contribution in [3.63, 3.8) is 0 Å². The average molecular weight is 566 g/mol. The summed E-state index contributed by atoms with van der Waals surface area (Å²) in [4.78, 5) is 27.8. The number of nitrogens with one attached hydrogen (secondary N) is 1. The number of benzene rings is 2. The van der Waals surface area contributed by atoms with Gasteiger partial charge in [0, 0.05) is 49.1 Å². The van der Waals surface area contributed by atoms with Crippen molar-refractivity contribution in [3.8, 4) is 5.75 Å². The highest BCUT2D eigenvalue weighted by Gasteiger charge is 2.29. The third kappa shape index (κ3) is 6.85. The lowest BCUT2D eigenvalue weighted by Crippen LogP contribution is -2.33. The van der Waals surface area contributed by atoms with Gasteiger partial charge in [-0.15, -0.1) is 0 Å². The highest BCUT2D eigenvalue weighted by molar-refractivity contribution is 5.95. The highest BCUT2D eigenvalue weighted by Crippen LogP contribution is 2.40. The van der Waals surface area contributed by atoms with Crippen LogP contribution >= 0.6 is 0 Å². The fourth-order valence-electron chi connectivity index (χ4n) is 5.64. The molecular formula is C32H43N3O6. The number of piperidine rings is 1. The van der Waals surface area contributed by atoms with Crippen LogP contribution < -0.4 is 10.1 Å². The molecule has 1 aromatic heterocycles. The zero-order valence-corrected chi connectivity index (χ0v) is 25.3. The Morgan fingerprint density at radius 3 is 2.54 bits per heavy atom. The van der Waals surface area contributed by atoms with E-state index in [-0.39, 0.29) is 12.0 Å². The van der Waals surface area contributed by atoms with E-state index in [0.717, 1.165) is 64.8 Å². The van der Waals surface area contributed by atoms with E-state index < -0.39 is 11.7 Å². The van der Waals surface area contributed by atoms with E-state index in [0.29, 0.717) is 25.3 Å². The number of anilines is 1. The maximum absolute atomic E-state index is 13.1. The van der Waals surface area contributed by atoms with Crippen LogP contribution in [0.25, 0.3) is 10.9 Å². The molecule has 1 aliphatic rings. The summed E-state index contributed by atoms with van der Waals surface area (Å²) in [7, 11) is 4.75. The molecule has 2 aromatic carbocycles. The fourth-order valence-corrected chi connectivity index (χ4v) is 5.64. The molecule has 0 saturated carbocycles. The van der Waals surface area contributed by atoms with Crippen LogP contribution in [0, 0.1) is 6.92 Å². The van der Waals surface area contributed by atoms with Gasteiger partial charge in [0.25, 0.3) is 0 Å². The number of ether oxygens (including phenoxy) is 4. The molecule has 9 nitrogen and oxygen atoms in total. The number of aryl methyl sites for hydroxylation is 1. The topological polar surface area (TPSA) is 91.3 Å². The molecule has 0 spiro atoms. The Balaban J connectivity index is 1.74. The molecule has 1 aliphatic heterocycles. The van der Waals surface area contributed by atoms with Crippen LogP contribution in [-0.2, 0) is 20.8 Å². The second kappa shape index (κ2) is 13.0. The number of esters is 1. The first-order chi connectivity index (χ1) is 19.6. The Hall–Kier alpha value is -3.56. The standard InChI is InChI=1S/C32H43N3O6/c1-21-18-28(39-6)25(23-13-16-35(29(21)23)31(37)41-32(2,3)4)20-34-15-9-8-10-27(34)24-12-11-22(30(36)40-7)19-26(24)33-14-17-38-5/h11-13,16,18-19,27,33H,8-10,14-15,17,20H2,1-7H3/t27-/m0/s1. The Morgan fingerprint density at radius 2 is 1.85 bits per heavy atom. The Morgan fingerprint density at radius 1 is 1.07 bits per heavy atom. The largest absolute Gasteiger partial charge is 0.496 e. The van der Waals surface area contributed by atoms with E-state index in [4.69, 9.17) is 18.9 Å². The molecule has 1 fully saturated rings. The Bertz CT molecular complexity index is 1390. The number of rotatable bonds is 9. The molecule has 0 radical (unpaired) electrons. The number of likely N-dealkylation sites (tertiary alicyclic amines) is 1. The monoisotopic (exact) mass is 565 g/mol. The van der Waals surface area contributed by atoms with Crippen LogP contribution in [-0.4, -0.2) is 68.2 Å². The Kier molecular flexibility index (Phi) is 9.60. The third-order valence-corrected chi connectivity index (χ3v) is 7.47. The summed E-state index contributed by atoms with van der Waals surface area (Å²) in [5.74, 6) is 0.425. The summed E-state index contributed by atoms with van der Waals surface area (Å²) in [6.07, 6.45) is 4.55. The van der Waals surface area contributed by atoms with Crippen molar-refractivity contribution < 1.29 is 28.5 Å². The van der Waals surface area contributed by atoms with Crippen molar-refractivity contribution in [1.29, 1.82) is 0 Å². The van der Waals surface area contributed by atoms with E-state index >= 15 is 0 Å². The van der Waals surface area contributed by atoms with Crippen LogP contribution in [0.3, 0.4) is 0 Å². The summed E-state index contributed by atoms with van der Waals surface area (Å²) in [6, 6.07) is 9.84. The van der Waals surface area contributed by atoms with Crippen molar-refractivity contribution in [2.45, 2.75) is 65.1 Å². The maximum Gasteiger partial charge on any atom is 0.419 e. The highest BCUT2D eigenvalue weighted by atomic mass is 16.6. The van der Waals surface area contributed by atoms with Gasteiger partial charge >= 0.3 is 12.1 Å². The van der Waals surface area contributed by atoms with Crippen LogP contribution in [0.5, 0.6) is 5.75 Å². The SMILES string of the molecule is COCCNc1cc(C(=O)OC)ccc1[C@@H]1CCCCN1Cc1c(OC)cc(C)c2c1ccn2C(=O)OC(C)(C)C. The molecule has 41 heavy (non-hydrogen) atoms. The molecule has 1 N–H and O–H groups in total. The fraction of sp³-hybridized carbons (Fsp3) is 0.500. The summed E-state index contributed by atoms with van der Waals surface area (Å²) < 4.78 is 23.4. The van der Waals surface area contributed by atoms with Crippen molar-refractivity contribution in [2.24, 2.45) is 0 Å². The molecule has 0 unspecified atom stereocenters. The second-order valence-corrected chi connectivity index (χ2v) is 11.5.